The van der Waals surface area contributed by atoms with Gasteiger partial charge in [-0.2, -0.15) is 0 Å². The van der Waals surface area contributed by atoms with E-state index in [1.165, 1.54) is 11.8 Å². The fourth-order valence-electron chi connectivity index (χ4n) is 1.31. The molecule has 0 aliphatic carbocycles. The van der Waals surface area contributed by atoms with Gasteiger partial charge in [0.1, 0.15) is 5.25 Å². The number of unbranched alkanes of at least 4 members (excludes halogenated alkanes) is 1. The van der Waals surface area contributed by atoms with Crippen LogP contribution in [0, 0.1) is 0 Å². The van der Waals surface area contributed by atoms with Gasteiger partial charge in [-0.1, -0.05) is 25.1 Å². The summed E-state index contributed by atoms with van der Waals surface area (Å²) in [6.07, 6.45) is 1.90. The summed E-state index contributed by atoms with van der Waals surface area (Å²) in [5.74, 6) is -0.220. The average Bonchev–Trinajstić information content (AvgIpc) is 2.77. The molecule has 1 rings (SSSR count). The van der Waals surface area contributed by atoms with Crippen molar-refractivity contribution in [2.75, 3.05) is 6.61 Å². The number of thioether (sulfide) groups is 1. The summed E-state index contributed by atoms with van der Waals surface area (Å²) in [6.45, 7) is 10.4. The van der Waals surface area contributed by atoms with Crippen molar-refractivity contribution >= 4 is 17.7 Å². The lowest BCUT2D eigenvalue weighted by molar-refractivity contribution is -0.142. The molecule has 0 bridgehead atoms. The first kappa shape index (κ1) is 15.9. The molecule has 0 aliphatic heterocycles. The minimum absolute atomic E-state index is 0.211. The van der Waals surface area contributed by atoms with Gasteiger partial charge in [-0.3, -0.25) is 4.79 Å². The zero-order chi connectivity index (χ0) is 14.5. The summed E-state index contributed by atoms with van der Waals surface area (Å²) in [4.78, 5) is 11.8. The van der Waals surface area contributed by atoms with Crippen LogP contribution in [0.15, 0.2) is 5.16 Å². The average molecular weight is 286 g/mol. The van der Waals surface area contributed by atoms with Gasteiger partial charge in [-0.15, -0.1) is 5.10 Å². The van der Waals surface area contributed by atoms with Crippen molar-refractivity contribution in [2.24, 2.45) is 0 Å². The van der Waals surface area contributed by atoms with Gasteiger partial charge in [-0.05, 0) is 44.5 Å². The van der Waals surface area contributed by atoms with Crippen LogP contribution in [0.5, 0.6) is 0 Å². The molecule has 1 heterocycles. The minimum Gasteiger partial charge on any atom is -0.465 e. The van der Waals surface area contributed by atoms with Crippen molar-refractivity contribution in [3.8, 4) is 0 Å². The zero-order valence-corrected chi connectivity index (χ0v) is 13.0. The monoisotopic (exact) mass is 286 g/mol. The number of nitrogens with zero attached hydrogens (tertiary/aromatic N) is 4. The maximum atomic E-state index is 11.8. The highest BCUT2D eigenvalue weighted by atomic mass is 32.2. The lowest BCUT2D eigenvalue weighted by Gasteiger charge is -2.20. The molecule has 1 unspecified atom stereocenters. The Labute approximate surface area is 118 Å². The van der Waals surface area contributed by atoms with Gasteiger partial charge in [0.25, 0.3) is 0 Å². The van der Waals surface area contributed by atoms with E-state index in [2.05, 4.69) is 22.4 Å². The Bertz CT molecular complexity index is 414. The number of esters is 1. The van der Waals surface area contributed by atoms with Crippen molar-refractivity contribution in [1.29, 1.82) is 0 Å². The molecule has 108 valence electrons. The van der Waals surface area contributed by atoms with Gasteiger partial charge in [0.2, 0.25) is 5.16 Å². The first-order chi connectivity index (χ1) is 8.86. The third kappa shape index (κ3) is 4.81. The summed E-state index contributed by atoms with van der Waals surface area (Å²) in [5.41, 5.74) is -0.211. The largest absolute Gasteiger partial charge is 0.465 e. The second-order valence-electron chi connectivity index (χ2n) is 5.33. The molecule has 0 aromatic carbocycles. The van der Waals surface area contributed by atoms with Crippen molar-refractivity contribution < 1.29 is 9.53 Å². The van der Waals surface area contributed by atoms with E-state index in [0.29, 0.717) is 11.8 Å². The van der Waals surface area contributed by atoms with Crippen LogP contribution in [-0.4, -0.2) is 38.0 Å². The topological polar surface area (TPSA) is 69.9 Å². The number of tetrazole rings is 1. The van der Waals surface area contributed by atoms with Gasteiger partial charge in [0, 0.05) is 0 Å². The normalized spacial score (nSPS) is 13.3. The predicted octanol–water partition coefficient (Wildman–Crippen LogP) is 2.25. The highest BCUT2D eigenvalue weighted by molar-refractivity contribution is 8.00. The maximum Gasteiger partial charge on any atom is 0.319 e. The molecule has 7 heteroatoms. The number of carbonyl (C=O) groups is 1. The van der Waals surface area contributed by atoms with Crippen LogP contribution < -0.4 is 0 Å². The first-order valence-electron chi connectivity index (χ1n) is 6.48. The fraction of sp³-hybridized carbons (Fsp3) is 0.833. The van der Waals surface area contributed by atoms with Crippen LogP contribution in [0.2, 0.25) is 0 Å². The van der Waals surface area contributed by atoms with Crippen LogP contribution in [0.25, 0.3) is 0 Å². The Kier molecular flexibility index (Phi) is 5.78. The van der Waals surface area contributed by atoms with Crippen LogP contribution in [-0.2, 0) is 15.1 Å². The third-order valence-corrected chi connectivity index (χ3v) is 3.44. The zero-order valence-electron chi connectivity index (χ0n) is 12.2. The maximum absolute atomic E-state index is 11.8. The lowest BCUT2D eigenvalue weighted by atomic mass is 10.1. The minimum atomic E-state index is -0.316. The second-order valence-corrected chi connectivity index (χ2v) is 6.63. The van der Waals surface area contributed by atoms with E-state index < -0.39 is 0 Å². The van der Waals surface area contributed by atoms with E-state index in [1.807, 2.05) is 20.8 Å². The summed E-state index contributed by atoms with van der Waals surface area (Å²) in [5, 5.41) is 11.9. The third-order valence-electron chi connectivity index (χ3n) is 2.43. The van der Waals surface area contributed by atoms with E-state index in [4.69, 9.17) is 4.74 Å². The molecule has 0 spiro atoms. The molecule has 0 aliphatic rings. The SMILES string of the molecule is CCCCOC(=O)C(C)Sc1nnnn1C(C)(C)C. The highest BCUT2D eigenvalue weighted by Crippen LogP contribution is 2.25. The molecule has 1 aromatic heterocycles. The van der Waals surface area contributed by atoms with Crippen LogP contribution in [0.1, 0.15) is 47.5 Å². The molecule has 1 atom stereocenters. The van der Waals surface area contributed by atoms with Gasteiger partial charge < -0.3 is 4.74 Å². The number of carbonyl (C=O) groups excluding carboxylic acids is 1. The molecule has 0 saturated carbocycles. The van der Waals surface area contributed by atoms with Crippen LogP contribution >= 0.6 is 11.8 Å². The van der Waals surface area contributed by atoms with Gasteiger partial charge in [0.15, 0.2) is 0 Å². The molecule has 0 saturated heterocycles. The number of hydrogen-bond acceptors (Lipinski definition) is 6. The van der Waals surface area contributed by atoms with E-state index in [9.17, 15) is 4.79 Å². The molecule has 0 N–H and O–H groups in total. The first-order valence-corrected chi connectivity index (χ1v) is 7.36. The van der Waals surface area contributed by atoms with Crippen molar-refractivity contribution in [1.82, 2.24) is 20.2 Å². The molecular weight excluding hydrogens is 264 g/mol. The molecule has 0 amide bonds. The Hall–Kier alpha value is -1.11. The van der Waals surface area contributed by atoms with E-state index in [-0.39, 0.29) is 16.8 Å². The summed E-state index contributed by atoms with van der Waals surface area (Å²) in [6, 6.07) is 0. The second kappa shape index (κ2) is 6.88. The number of aromatic nitrogens is 4. The van der Waals surface area contributed by atoms with Crippen molar-refractivity contribution in [3.63, 3.8) is 0 Å². The van der Waals surface area contributed by atoms with Gasteiger partial charge >= 0.3 is 5.97 Å². The summed E-state index contributed by atoms with van der Waals surface area (Å²) < 4.78 is 6.90. The molecule has 0 radical (unpaired) electrons. The van der Waals surface area contributed by atoms with Crippen molar-refractivity contribution in [2.45, 2.75) is 63.4 Å². The van der Waals surface area contributed by atoms with Gasteiger partial charge in [-0.25, -0.2) is 4.68 Å². The van der Waals surface area contributed by atoms with E-state index in [1.54, 1.807) is 11.6 Å². The molecule has 19 heavy (non-hydrogen) atoms. The van der Waals surface area contributed by atoms with E-state index >= 15 is 0 Å². The standard InChI is InChI=1S/C12H22N4O2S/c1-6-7-8-18-10(17)9(2)19-11-13-14-15-16(11)12(3,4)5/h9H,6-8H2,1-5H3. The molecule has 1 aromatic rings. The smallest absolute Gasteiger partial charge is 0.319 e. The van der Waals surface area contributed by atoms with Crippen molar-refractivity contribution in [3.05, 3.63) is 0 Å². The Balaban J connectivity index is 2.60. The Morgan fingerprint density at radius 1 is 1.47 bits per heavy atom. The van der Waals surface area contributed by atoms with E-state index in [0.717, 1.165) is 12.8 Å². The number of rotatable bonds is 6. The lowest BCUT2D eigenvalue weighted by Crippen LogP contribution is -2.25. The number of ether oxygens (including phenoxy) is 1. The molecule has 0 fully saturated rings. The fourth-order valence-corrected chi connectivity index (χ4v) is 2.29. The highest BCUT2D eigenvalue weighted by Gasteiger charge is 2.24. The summed E-state index contributed by atoms with van der Waals surface area (Å²) in [7, 11) is 0. The quantitative estimate of drug-likeness (QED) is 0.454. The summed E-state index contributed by atoms with van der Waals surface area (Å²) >= 11 is 1.32. The molecular formula is C12H22N4O2S. The molecule has 6 nitrogen and oxygen atoms in total. The Morgan fingerprint density at radius 2 is 2.16 bits per heavy atom. The van der Waals surface area contributed by atoms with Gasteiger partial charge in [0.05, 0.1) is 12.1 Å². The number of hydrogen-bond donors (Lipinski definition) is 0. The van der Waals surface area contributed by atoms with Crippen LogP contribution in [0.4, 0.5) is 0 Å². The predicted molar refractivity (Wildman–Crippen MR) is 74.0 cm³/mol. The van der Waals surface area contributed by atoms with Crippen LogP contribution in [0.3, 0.4) is 0 Å². The Morgan fingerprint density at radius 3 is 2.74 bits per heavy atom.